The number of amides is 1. The molecule has 1 aromatic heterocycles. The second kappa shape index (κ2) is 5.64. The number of rotatable bonds is 3. The Bertz CT molecular complexity index is 564. The number of carboxylic acids is 1. The van der Waals surface area contributed by atoms with Gasteiger partial charge in [0.15, 0.2) is 0 Å². The second-order valence-electron chi connectivity index (χ2n) is 5.90. The summed E-state index contributed by atoms with van der Waals surface area (Å²) in [6.07, 6.45) is 5.24. The van der Waals surface area contributed by atoms with E-state index in [1.54, 1.807) is 12.1 Å². The van der Waals surface area contributed by atoms with Gasteiger partial charge < -0.3 is 10.0 Å². The molecule has 2 fully saturated rings. The van der Waals surface area contributed by atoms with Crippen molar-refractivity contribution in [1.29, 1.82) is 0 Å². The number of aromatic nitrogens is 1. The van der Waals surface area contributed by atoms with Crippen molar-refractivity contribution in [1.82, 2.24) is 9.88 Å². The van der Waals surface area contributed by atoms with Gasteiger partial charge in [0.1, 0.15) is 5.15 Å². The molecule has 2 unspecified atom stereocenters. The number of carboxylic acid groups (broad SMARTS) is 1. The smallest absolute Gasteiger partial charge is 0.303 e. The summed E-state index contributed by atoms with van der Waals surface area (Å²) in [5, 5.41) is 9.25. The normalized spacial score (nSPS) is 27.7. The van der Waals surface area contributed by atoms with E-state index in [0.29, 0.717) is 10.7 Å². The first-order valence-corrected chi connectivity index (χ1v) is 7.58. The minimum absolute atomic E-state index is 0.0134. The quantitative estimate of drug-likeness (QED) is 0.871. The Labute approximate surface area is 127 Å². The molecule has 1 N–H and O–H groups in total. The van der Waals surface area contributed by atoms with Gasteiger partial charge in [0.25, 0.3) is 5.91 Å². The van der Waals surface area contributed by atoms with Gasteiger partial charge in [0.2, 0.25) is 0 Å². The standard InChI is InChI=1S/C15H17ClN2O3/c16-13-8-10(3-4-17-13)15(21)18-11-1-2-12(18)6-9(5-11)7-14(19)20/h3-4,8-9,11-12H,1-2,5-7H2,(H,19,20). The van der Waals surface area contributed by atoms with Gasteiger partial charge in [-0.25, -0.2) is 4.98 Å². The van der Waals surface area contributed by atoms with Crippen molar-refractivity contribution >= 4 is 23.5 Å². The van der Waals surface area contributed by atoms with Crippen LogP contribution >= 0.6 is 11.6 Å². The van der Waals surface area contributed by atoms with E-state index in [9.17, 15) is 9.59 Å². The lowest BCUT2D eigenvalue weighted by Gasteiger charge is -2.38. The summed E-state index contributed by atoms with van der Waals surface area (Å²) in [4.78, 5) is 29.4. The first-order valence-electron chi connectivity index (χ1n) is 7.20. The lowest BCUT2D eigenvalue weighted by molar-refractivity contribution is -0.138. The number of hydrogen-bond acceptors (Lipinski definition) is 3. The molecule has 0 spiro atoms. The highest BCUT2D eigenvalue weighted by Gasteiger charge is 2.43. The highest BCUT2D eigenvalue weighted by Crippen LogP contribution is 2.40. The van der Waals surface area contributed by atoms with Crippen LogP contribution in [-0.4, -0.2) is 39.0 Å². The fraction of sp³-hybridized carbons (Fsp3) is 0.533. The van der Waals surface area contributed by atoms with Crippen LogP contribution in [-0.2, 0) is 4.79 Å². The van der Waals surface area contributed by atoms with E-state index in [2.05, 4.69) is 4.98 Å². The third-order valence-corrected chi connectivity index (χ3v) is 4.71. The van der Waals surface area contributed by atoms with E-state index in [1.807, 2.05) is 4.90 Å². The van der Waals surface area contributed by atoms with Crippen LogP contribution in [0.3, 0.4) is 0 Å². The van der Waals surface area contributed by atoms with Crippen molar-refractivity contribution in [3.05, 3.63) is 29.0 Å². The molecule has 1 aromatic rings. The van der Waals surface area contributed by atoms with Crippen LogP contribution in [0.25, 0.3) is 0 Å². The van der Waals surface area contributed by atoms with Gasteiger partial charge in [-0.3, -0.25) is 9.59 Å². The van der Waals surface area contributed by atoms with Crippen molar-refractivity contribution in [2.75, 3.05) is 0 Å². The Kier molecular flexibility index (Phi) is 3.85. The minimum atomic E-state index is -0.750. The van der Waals surface area contributed by atoms with Gasteiger partial charge in [-0.05, 0) is 43.7 Å². The van der Waals surface area contributed by atoms with Gasteiger partial charge in [0.05, 0.1) is 0 Å². The average Bonchev–Trinajstić information content (AvgIpc) is 2.69. The molecule has 0 aliphatic carbocycles. The summed E-state index contributed by atoms with van der Waals surface area (Å²) in [6, 6.07) is 3.59. The Hall–Kier alpha value is -1.62. The van der Waals surface area contributed by atoms with Crippen molar-refractivity contribution in [3.63, 3.8) is 0 Å². The number of piperidine rings is 1. The first-order chi connectivity index (χ1) is 10.0. The van der Waals surface area contributed by atoms with Crippen molar-refractivity contribution in [2.45, 2.75) is 44.2 Å². The van der Waals surface area contributed by atoms with Gasteiger partial charge >= 0.3 is 5.97 Å². The maximum atomic E-state index is 12.7. The molecule has 0 saturated carbocycles. The van der Waals surface area contributed by atoms with Crippen LogP contribution in [0, 0.1) is 5.92 Å². The first kappa shape index (κ1) is 14.3. The maximum absolute atomic E-state index is 12.7. The van der Waals surface area contributed by atoms with Crippen molar-refractivity contribution in [2.24, 2.45) is 5.92 Å². The van der Waals surface area contributed by atoms with Crippen LogP contribution < -0.4 is 0 Å². The molecule has 3 heterocycles. The molecule has 2 bridgehead atoms. The number of fused-ring (bicyclic) bond motifs is 2. The van der Waals surface area contributed by atoms with E-state index >= 15 is 0 Å². The lowest BCUT2D eigenvalue weighted by atomic mass is 9.88. The summed E-state index contributed by atoms with van der Waals surface area (Å²) in [5.41, 5.74) is 0.559. The predicted octanol–water partition coefficient (Wildman–Crippen LogP) is 2.59. The van der Waals surface area contributed by atoms with Gasteiger partial charge in [-0.1, -0.05) is 11.6 Å². The van der Waals surface area contributed by atoms with E-state index in [0.717, 1.165) is 25.7 Å². The number of halogens is 1. The van der Waals surface area contributed by atoms with E-state index in [-0.39, 0.29) is 30.3 Å². The zero-order chi connectivity index (χ0) is 15.0. The Morgan fingerprint density at radius 2 is 2.00 bits per heavy atom. The topological polar surface area (TPSA) is 70.5 Å². The molecule has 2 aliphatic heterocycles. The fourth-order valence-electron chi connectivity index (χ4n) is 3.72. The Morgan fingerprint density at radius 3 is 2.57 bits per heavy atom. The number of aliphatic carboxylic acids is 1. The minimum Gasteiger partial charge on any atom is -0.481 e. The molecule has 2 aliphatic rings. The van der Waals surface area contributed by atoms with E-state index in [4.69, 9.17) is 16.7 Å². The Balaban J connectivity index is 1.76. The molecule has 21 heavy (non-hydrogen) atoms. The molecule has 3 rings (SSSR count). The molecule has 0 radical (unpaired) electrons. The molecular formula is C15H17ClN2O3. The summed E-state index contributed by atoms with van der Waals surface area (Å²) in [7, 11) is 0. The summed E-state index contributed by atoms with van der Waals surface area (Å²) < 4.78 is 0. The van der Waals surface area contributed by atoms with Gasteiger partial charge in [-0.2, -0.15) is 0 Å². The van der Waals surface area contributed by atoms with E-state index in [1.165, 1.54) is 6.20 Å². The number of hydrogen-bond donors (Lipinski definition) is 1. The largest absolute Gasteiger partial charge is 0.481 e. The molecule has 2 atom stereocenters. The molecule has 2 saturated heterocycles. The second-order valence-corrected chi connectivity index (χ2v) is 6.29. The summed E-state index contributed by atoms with van der Waals surface area (Å²) in [5.74, 6) is -0.578. The molecule has 5 nitrogen and oxygen atoms in total. The average molecular weight is 309 g/mol. The lowest BCUT2D eigenvalue weighted by Crippen LogP contribution is -2.46. The molecular weight excluding hydrogens is 292 g/mol. The van der Waals surface area contributed by atoms with Crippen LogP contribution in [0.4, 0.5) is 0 Å². The van der Waals surface area contributed by atoms with Crippen molar-refractivity contribution < 1.29 is 14.7 Å². The molecule has 112 valence electrons. The molecule has 6 heteroatoms. The Morgan fingerprint density at radius 1 is 1.33 bits per heavy atom. The number of carbonyl (C=O) groups excluding carboxylic acids is 1. The SMILES string of the molecule is O=C(O)CC1CC2CCC(C1)N2C(=O)c1ccnc(Cl)c1. The fourth-order valence-corrected chi connectivity index (χ4v) is 3.89. The third kappa shape index (κ3) is 2.88. The molecule has 1 amide bonds. The highest BCUT2D eigenvalue weighted by atomic mass is 35.5. The van der Waals surface area contributed by atoms with Crippen molar-refractivity contribution in [3.8, 4) is 0 Å². The van der Waals surface area contributed by atoms with E-state index < -0.39 is 5.97 Å². The molecule has 0 aromatic carbocycles. The number of carbonyl (C=O) groups is 2. The zero-order valence-electron chi connectivity index (χ0n) is 11.5. The predicted molar refractivity (Wildman–Crippen MR) is 77.2 cm³/mol. The number of pyridine rings is 1. The van der Waals surface area contributed by atoms with Crippen LogP contribution in [0.5, 0.6) is 0 Å². The number of nitrogens with zero attached hydrogens (tertiary/aromatic N) is 2. The van der Waals surface area contributed by atoms with Gasteiger partial charge in [0, 0.05) is 30.3 Å². The zero-order valence-corrected chi connectivity index (χ0v) is 12.3. The third-order valence-electron chi connectivity index (χ3n) is 4.50. The summed E-state index contributed by atoms with van der Waals surface area (Å²) >= 11 is 5.85. The van der Waals surface area contributed by atoms with Crippen LogP contribution in [0.15, 0.2) is 18.3 Å². The maximum Gasteiger partial charge on any atom is 0.303 e. The highest BCUT2D eigenvalue weighted by molar-refractivity contribution is 6.29. The van der Waals surface area contributed by atoms with Gasteiger partial charge in [-0.15, -0.1) is 0 Å². The summed E-state index contributed by atoms with van der Waals surface area (Å²) in [6.45, 7) is 0. The van der Waals surface area contributed by atoms with Crippen LogP contribution in [0.1, 0.15) is 42.5 Å². The van der Waals surface area contributed by atoms with Crippen LogP contribution in [0.2, 0.25) is 5.15 Å². The monoisotopic (exact) mass is 308 g/mol.